The molecule has 0 saturated carbocycles. The van der Waals surface area contributed by atoms with Gasteiger partial charge >= 0.3 is 0 Å². The lowest BCUT2D eigenvalue weighted by Gasteiger charge is -2.22. The smallest absolute Gasteiger partial charge is 0.255 e. The van der Waals surface area contributed by atoms with Gasteiger partial charge in [-0.25, -0.2) is 0 Å². The fourth-order valence-electron chi connectivity index (χ4n) is 3.25. The Balaban J connectivity index is 1.85. The van der Waals surface area contributed by atoms with Gasteiger partial charge in [0.05, 0.1) is 23.3 Å². The maximum Gasteiger partial charge on any atom is 0.255 e. The van der Waals surface area contributed by atoms with E-state index < -0.39 is 0 Å². The molecule has 2 aromatic carbocycles. The summed E-state index contributed by atoms with van der Waals surface area (Å²) in [5, 5.41) is 9.73. The second-order valence-corrected chi connectivity index (χ2v) is 7.59. The number of hydrogen-bond donors (Lipinski definition) is 2. The molecule has 0 bridgehead atoms. The third kappa shape index (κ3) is 3.48. The molecule has 5 heteroatoms. The molecule has 0 saturated heterocycles. The molecule has 0 fully saturated rings. The van der Waals surface area contributed by atoms with Crippen LogP contribution < -0.4 is 11.1 Å². The molecule has 3 N–H and O–H groups in total. The summed E-state index contributed by atoms with van der Waals surface area (Å²) >= 11 is 0. The van der Waals surface area contributed by atoms with Crippen LogP contribution >= 0.6 is 0 Å². The number of benzene rings is 2. The fraction of sp³-hybridized carbons (Fsp3) is 0.333. The van der Waals surface area contributed by atoms with Gasteiger partial charge in [0.2, 0.25) is 0 Å². The number of aromatic nitrogens is 2. The average molecular weight is 350 g/mol. The van der Waals surface area contributed by atoms with E-state index in [9.17, 15) is 4.79 Å². The Kier molecular flexibility index (Phi) is 4.83. The van der Waals surface area contributed by atoms with Crippen LogP contribution in [0.5, 0.6) is 0 Å². The van der Waals surface area contributed by atoms with Crippen molar-refractivity contribution in [2.75, 3.05) is 6.54 Å². The van der Waals surface area contributed by atoms with Crippen LogP contribution in [-0.2, 0) is 5.54 Å². The first-order valence-electron chi connectivity index (χ1n) is 8.86. The number of rotatable bonds is 4. The van der Waals surface area contributed by atoms with Gasteiger partial charge in [-0.05, 0) is 50.1 Å². The van der Waals surface area contributed by atoms with Gasteiger partial charge < -0.3 is 11.1 Å². The number of hydrogen-bond acceptors (Lipinski definition) is 3. The van der Waals surface area contributed by atoms with Gasteiger partial charge in [0.25, 0.3) is 5.91 Å². The van der Waals surface area contributed by atoms with Gasteiger partial charge in [0.1, 0.15) is 0 Å². The molecule has 1 unspecified atom stereocenters. The molecule has 136 valence electrons. The molecule has 0 spiro atoms. The molecule has 3 aromatic rings. The maximum atomic E-state index is 12.8. The van der Waals surface area contributed by atoms with Crippen LogP contribution in [0.1, 0.15) is 48.4 Å². The van der Waals surface area contributed by atoms with Gasteiger partial charge in [-0.1, -0.05) is 36.4 Å². The lowest BCUT2D eigenvalue weighted by atomic mass is 10.0. The molecule has 1 heterocycles. The fourth-order valence-corrected chi connectivity index (χ4v) is 3.25. The summed E-state index contributed by atoms with van der Waals surface area (Å²) in [4.78, 5) is 12.8. The summed E-state index contributed by atoms with van der Waals surface area (Å²) < 4.78 is 1.87. The number of carbonyl (C=O) groups excluding carboxylic acids is 1. The lowest BCUT2D eigenvalue weighted by molar-refractivity contribution is 0.0937. The monoisotopic (exact) mass is 350 g/mol. The molecule has 0 radical (unpaired) electrons. The van der Waals surface area contributed by atoms with E-state index >= 15 is 0 Å². The van der Waals surface area contributed by atoms with E-state index in [2.05, 4.69) is 55.5 Å². The average Bonchev–Trinajstić information content (AvgIpc) is 3.01. The minimum absolute atomic E-state index is 0.151. The van der Waals surface area contributed by atoms with E-state index in [0.29, 0.717) is 12.1 Å². The first-order valence-corrected chi connectivity index (χ1v) is 8.86. The van der Waals surface area contributed by atoms with Gasteiger partial charge in [0, 0.05) is 12.2 Å². The summed E-state index contributed by atoms with van der Waals surface area (Å²) in [7, 11) is 0. The highest BCUT2D eigenvalue weighted by Gasteiger charge is 2.23. The van der Waals surface area contributed by atoms with Gasteiger partial charge in [-0.2, -0.15) is 5.10 Å². The van der Waals surface area contributed by atoms with Crippen LogP contribution in [0.25, 0.3) is 10.8 Å². The first kappa shape index (κ1) is 18.1. The van der Waals surface area contributed by atoms with E-state index in [0.717, 1.165) is 16.6 Å². The van der Waals surface area contributed by atoms with Crippen molar-refractivity contribution in [2.24, 2.45) is 5.73 Å². The SMILES string of the molecule is Cc1c(C(=O)NC(CN)c2ccc3ccccc3c2)cnn1C(C)(C)C. The zero-order valence-electron chi connectivity index (χ0n) is 15.8. The summed E-state index contributed by atoms with van der Waals surface area (Å²) in [6.07, 6.45) is 1.63. The van der Waals surface area contributed by atoms with Crippen molar-refractivity contribution >= 4 is 16.7 Å². The predicted molar refractivity (Wildman–Crippen MR) is 105 cm³/mol. The van der Waals surface area contributed by atoms with Crippen LogP contribution in [0.4, 0.5) is 0 Å². The molecule has 3 rings (SSSR count). The van der Waals surface area contributed by atoms with Crippen molar-refractivity contribution in [2.45, 2.75) is 39.3 Å². The molecule has 0 aliphatic carbocycles. The minimum atomic E-state index is -0.246. The molecule has 0 aliphatic heterocycles. The largest absolute Gasteiger partial charge is 0.344 e. The van der Waals surface area contributed by atoms with Crippen LogP contribution in [-0.4, -0.2) is 22.2 Å². The molecule has 0 aliphatic rings. The summed E-state index contributed by atoms with van der Waals surface area (Å²) in [5.41, 5.74) is 8.21. The van der Waals surface area contributed by atoms with Crippen molar-refractivity contribution in [3.63, 3.8) is 0 Å². The lowest BCUT2D eigenvalue weighted by Crippen LogP contribution is -2.34. The second-order valence-electron chi connectivity index (χ2n) is 7.59. The van der Waals surface area contributed by atoms with Gasteiger partial charge in [0.15, 0.2) is 0 Å². The molecule has 1 amide bonds. The third-order valence-electron chi connectivity index (χ3n) is 4.61. The Morgan fingerprint density at radius 2 is 1.88 bits per heavy atom. The Labute approximate surface area is 154 Å². The number of amides is 1. The topological polar surface area (TPSA) is 72.9 Å². The highest BCUT2D eigenvalue weighted by atomic mass is 16.1. The second kappa shape index (κ2) is 6.92. The van der Waals surface area contributed by atoms with Crippen LogP contribution in [0, 0.1) is 6.92 Å². The molecular formula is C21H26N4O. The number of fused-ring (bicyclic) bond motifs is 1. The number of nitrogens with zero attached hydrogens (tertiary/aromatic N) is 2. The van der Waals surface area contributed by atoms with Crippen LogP contribution in [0.3, 0.4) is 0 Å². The number of nitrogens with two attached hydrogens (primary N) is 1. The van der Waals surface area contributed by atoms with Crippen molar-refractivity contribution in [1.82, 2.24) is 15.1 Å². The van der Waals surface area contributed by atoms with Crippen molar-refractivity contribution in [3.05, 3.63) is 65.5 Å². The molecule has 26 heavy (non-hydrogen) atoms. The molecule has 1 atom stereocenters. The summed E-state index contributed by atoms with van der Waals surface area (Å²) in [6.45, 7) is 8.43. The van der Waals surface area contributed by atoms with E-state index in [-0.39, 0.29) is 17.5 Å². The zero-order valence-corrected chi connectivity index (χ0v) is 15.8. The predicted octanol–water partition coefficient (Wildman–Crippen LogP) is 3.53. The maximum absolute atomic E-state index is 12.8. The van der Waals surface area contributed by atoms with E-state index in [1.54, 1.807) is 6.20 Å². The molecule has 5 nitrogen and oxygen atoms in total. The summed E-state index contributed by atoms with van der Waals surface area (Å²) in [6, 6.07) is 14.1. The minimum Gasteiger partial charge on any atom is -0.344 e. The molecule has 1 aromatic heterocycles. The van der Waals surface area contributed by atoms with Crippen LogP contribution in [0.2, 0.25) is 0 Å². The highest BCUT2D eigenvalue weighted by Crippen LogP contribution is 2.22. The van der Waals surface area contributed by atoms with E-state index in [4.69, 9.17) is 5.73 Å². The summed E-state index contributed by atoms with van der Waals surface area (Å²) in [5.74, 6) is -0.151. The zero-order chi connectivity index (χ0) is 18.9. The van der Waals surface area contributed by atoms with E-state index in [1.165, 1.54) is 5.39 Å². The Morgan fingerprint density at radius 3 is 2.50 bits per heavy atom. The molecular weight excluding hydrogens is 324 g/mol. The Morgan fingerprint density at radius 1 is 1.19 bits per heavy atom. The number of carbonyl (C=O) groups is 1. The highest BCUT2D eigenvalue weighted by molar-refractivity contribution is 5.95. The van der Waals surface area contributed by atoms with E-state index in [1.807, 2.05) is 29.8 Å². The Bertz CT molecular complexity index is 937. The third-order valence-corrected chi connectivity index (χ3v) is 4.61. The van der Waals surface area contributed by atoms with Crippen molar-refractivity contribution < 1.29 is 4.79 Å². The van der Waals surface area contributed by atoms with Gasteiger partial charge in [-0.3, -0.25) is 9.48 Å². The standard InChI is InChI=1S/C21H26N4O/c1-14-18(13-23-25(14)21(2,3)4)20(26)24-19(12-22)17-10-9-15-7-5-6-8-16(15)11-17/h5-11,13,19H,12,22H2,1-4H3,(H,24,26). The van der Waals surface area contributed by atoms with Gasteiger partial charge in [-0.15, -0.1) is 0 Å². The Hall–Kier alpha value is -2.66. The van der Waals surface area contributed by atoms with Crippen molar-refractivity contribution in [1.29, 1.82) is 0 Å². The normalized spacial score (nSPS) is 13.0. The first-order chi connectivity index (χ1) is 12.3. The van der Waals surface area contributed by atoms with Crippen LogP contribution in [0.15, 0.2) is 48.7 Å². The van der Waals surface area contributed by atoms with Crippen molar-refractivity contribution in [3.8, 4) is 0 Å². The quantitative estimate of drug-likeness (QED) is 0.756. The number of nitrogens with one attached hydrogen (secondary N) is 1.